The average molecular weight is 293 g/mol. The van der Waals surface area contributed by atoms with Gasteiger partial charge in [0.2, 0.25) is 11.8 Å². The van der Waals surface area contributed by atoms with Crippen LogP contribution in [0.5, 0.6) is 0 Å². The van der Waals surface area contributed by atoms with Crippen LogP contribution in [0.4, 0.5) is 8.78 Å². The molecule has 3 rings (SSSR count). The van der Waals surface area contributed by atoms with Crippen LogP contribution in [-0.2, 0) is 9.59 Å². The highest BCUT2D eigenvalue weighted by Gasteiger charge is 2.44. The number of rotatable bonds is 2. The van der Waals surface area contributed by atoms with E-state index in [2.05, 4.69) is 5.32 Å². The van der Waals surface area contributed by atoms with E-state index in [9.17, 15) is 18.4 Å². The van der Waals surface area contributed by atoms with E-state index in [1.54, 1.807) is 0 Å². The molecular weight excluding hydrogens is 276 g/mol. The Kier molecular flexibility index (Phi) is 3.74. The summed E-state index contributed by atoms with van der Waals surface area (Å²) in [5.74, 6) is -3.31. The van der Waals surface area contributed by atoms with E-state index in [-0.39, 0.29) is 23.8 Å². The zero-order valence-electron chi connectivity index (χ0n) is 11.6. The second kappa shape index (κ2) is 5.54. The Hall–Kier alpha value is -1.78. The molecule has 0 spiro atoms. The van der Waals surface area contributed by atoms with Crippen molar-refractivity contribution in [1.29, 1.82) is 0 Å². The van der Waals surface area contributed by atoms with Crippen LogP contribution in [0.15, 0.2) is 18.2 Å². The molecule has 2 amide bonds. The number of imide groups is 1. The van der Waals surface area contributed by atoms with Crippen molar-refractivity contribution >= 4 is 11.8 Å². The number of halogens is 2. The third-order valence-electron chi connectivity index (χ3n) is 4.68. The minimum absolute atomic E-state index is 0.0369. The van der Waals surface area contributed by atoms with E-state index >= 15 is 0 Å². The molecule has 2 unspecified atom stereocenters. The monoisotopic (exact) mass is 293 g/mol. The van der Waals surface area contributed by atoms with Gasteiger partial charge in [0.25, 0.3) is 0 Å². The van der Waals surface area contributed by atoms with E-state index < -0.39 is 29.4 Å². The molecule has 1 aliphatic heterocycles. The van der Waals surface area contributed by atoms with E-state index in [0.29, 0.717) is 0 Å². The minimum atomic E-state index is -0.699. The van der Waals surface area contributed by atoms with Gasteiger partial charge in [0.1, 0.15) is 11.6 Å². The van der Waals surface area contributed by atoms with E-state index in [4.69, 9.17) is 0 Å². The summed E-state index contributed by atoms with van der Waals surface area (Å²) in [4.78, 5) is 23.9. The highest BCUT2D eigenvalue weighted by atomic mass is 19.1. The first-order valence-electron chi connectivity index (χ1n) is 7.35. The summed E-state index contributed by atoms with van der Waals surface area (Å²) in [6.45, 7) is 0. The Morgan fingerprint density at radius 3 is 2.29 bits per heavy atom. The molecule has 0 radical (unpaired) electrons. The molecule has 1 heterocycles. The summed E-state index contributed by atoms with van der Waals surface area (Å²) < 4.78 is 28.1. The number of carbonyl (C=O) groups is 2. The summed E-state index contributed by atoms with van der Waals surface area (Å²) in [6, 6.07) is 3.66. The second-order valence-corrected chi connectivity index (χ2v) is 5.93. The number of nitrogens with one attached hydrogen (secondary N) is 1. The molecule has 3 nitrogen and oxygen atoms in total. The highest BCUT2D eigenvalue weighted by molar-refractivity contribution is 6.00. The minimum Gasteiger partial charge on any atom is -0.296 e. The molecule has 0 aromatic heterocycles. The number of piperidine rings is 1. The van der Waals surface area contributed by atoms with Crippen LogP contribution in [0, 0.1) is 23.5 Å². The number of carbonyl (C=O) groups excluding carboxylic acids is 2. The molecule has 2 fully saturated rings. The lowest BCUT2D eigenvalue weighted by molar-refractivity contribution is -0.138. The van der Waals surface area contributed by atoms with Gasteiger partial charge >= 0.3 is 0 Å². The number of benzene rings is 1. The average Bonchev–Trinajstić information content (AvgIpc) is 2.91. The molecule has 21 heavy (non-hydrogen) atoms. The van der Waals surface area contributed by atoms with Gasteiger partial charge < -0.3 is 0 Å². The Bertz CT molecular complexity index is 561. The Morgan fingerprint density at radius 2 is 1.67 bits per heavy atom. The first-order chi connectivity index (χ1) is 10.1. The van der Waals surface area contributed by atoms with Crippen molar-refractivity contribution < 1.29 is 18.4 Å². The van der Waals surface area contributed by atoms with Gasteiger partial charge in [-0.05, 0) is 30.9 Å². The predicted molar refractivity (Wildman–Crippen MR) is 72.3 cm³/mol. The molecule has 1 aromatic carbocycles. The van der Waals surface area contributed by atoms with Gasteiger partial charge in [-0.15, -0.1) is 0 Å². The van der Waals surface area contributed by atoms with Crippen LogP contribution in [0.3, 0.4) is 0 Å². The lowest BCUT2D eigenvalue weighted by Gasteiger charge is -2.34. The fourth-order valence-electron chi connectivity index (χ4n) is 3.79. The number of amides is 2. The topological polar surface area (TPSA) is 46.2 Å². The zero-order valence-corrected chi connectivity index (χ0v) is 11.6. The summed E-state index contributed by atoms with van der Waals surface area (Å²) in [7, 11) is 0. The highest BCUT2D eigenvalue weighted by Crippen LogP contribution is 2.43. The fourth-order valence-corrected chi connectivity index (χ4v) is 3.79. The van der Waals surface area contributed by atoms with E-state index in [1.165, 1.54) is 18.2 Å². The van der Waals surface area contributed by atoms with Crippen molar-refractivity contribution in [3.8, 4) is 0 Å². The molecule has 1 N–H and O–H groups in total. The lowest BCUT2D eigenvalue weighted by atomic mass is 9.72. The van der Waals surface area contributed by atoms with Gasteiger partial charge in [0.15, 0.2) is 0 Å². The van der Waals surface area contributed by atoms with Crippen LogP contribution in [0.25, 0.3) is 0 Å². The molecule has 0 bridgehead atoms. The number of hydrogen-bond donors (Lipinski definition) is 1. The van der Waals surface area contributed by atoms with Gasteiger partial charge in [-0.1, -0.05) is 18.9 Å². The van der Waals surface area contributed by atoms with Crippen LogP contribution in [-0.4, -0.2) is 11.8 Å². The third kappa shape index (κ3) is 2.57. The van der Waals surface area contributed by atoms with Crippen LogP contribution < -0.4 is 5.32 Å². The maximum atomic E-state index is 14.1. The Morgan fingerprint density at radius 1 is 1.05 bits per heavy atom. The number of hydrogen-bond acceptors (Lipinski definition) is 2. The summed E-state index contributed by atoms with van der Waals surface area (Å²) in [5.41, 5.74) is -0.113. The van der Waals surface area contributed by atoms with E-state index in [1.807, 2.05) is 0 Å². The molecule has 112 valence electrons. The Labute approximate surface area is 121 Å². The smallest absolute Gasteiger partial charge is 0.230 e. The summed E-state index contributed by atoms with van der Waals surface area (Å²) >= 11 is 0. The molecule has 5 heteroatoms. The molecular formula is C16H17F2NO2. The van der Waals surface area contributed by atoms with Crippen LogP contribution >= 0.6 is 0 Å². The zero-order chi connectivity index (χ0) is 15.0. The van der Waals surface area contributed by atoms with Crippen LogP contribution in [0.2, 0.25) is 0 Å². The Balaban J connectivity index is 2.02. The van der Waals surface area contributed by atoms with Crippen molar-refractivity contribution in [1.82, 2.24) is 5.32 Å². The molecule has 1 saturated heterocycles. The maximum absolute atomic E-state index is 14.1. The van der Waals surface area contributed by atoms with Crippen molar-refractivity contribution in [2.45, 2.75) is 38.0 Å². The molecule has 2 atom stereocenters. The van der Waals surface area contributed by atoms with Crippen LogP contribution in [0.1, 0.15) is 43.6 Å². The normalized spacial score (nSPS) is 27.0. The first-order valence-corrected chi connectivity index (χ1v) is 7.35. The first kappa shape index (κ1) is 14.2. The maximum Gasteiger partial charge on any atom is 0.230 e. The quantitative estimate of drug-likeness (QED) is 0.852. The predicted octanol–water partition coefficient (Wildman–Crippen LogP) is 2.90. The summed E-state index contributed by atoms with van der Waals surface area (Å²) in [5, 5.41) is 2.32. The second-order valence-electron chi connectivity index (χ2n) is 5.93. The summed E-state index contributed by atoms with van der Waals surface area (Å²) in [6.07, 6.45) is 3.76. The fraction of sp³-hybridized carbons (Fsp3) is 0.500. The molecule has 1 aromatic rings. The largest absolute Gasteiger partial charge is 0.296 e. The van der Waals surface area contributed by atoms with Gasteiger partial charge in [0, 0.05) is 23.8 Å². The van der Waals surface area contributed by atoms with E-state index in [0.717, 1.165) is 25.7 Å². The molecule has 2 aliphatic rings. The van der Waals surface area contributed by atoms with Crippen molar-refractivity contribution in [2.24, 2.45) is 11.8 Å². The van der Waals surface area contributed by atoms with Gasteiger partial charge in [0.05, 0.1) is 0 Å². The van der Waals surface area contributed by atoms with Gasteiger partial charge in [-0.25, -0.2) is 8.78 Å². The lowest BCUT2D eigenvalue weighted by Crippen LogP contribution is -2.47. The standard InChI is InChI=1S/C16H17F2NO2/c17-11-6-3-7-12(18)15(11)10-8-13(20)19-16(21)14(10)9-4-1-2-5-9/h3,6-7,9-10,14H,1-2,4-5,8H2,(H,19,20,21). The third-order valence-corrected chi connectivity index (χ3v) is 4.68. The van der Waals surface area contributed by atoms with Crippen molar-refractivity contribution in [3.05, 3.63) is 35.4 Å². The SMILES string of the molecule is O=C1CC(c2c(F)cccc2F)C(C2CCCC2)C(=O)N1. The van der Waals surface area contributed by atoms with Crippen molar-refractivity contribution in [2.75, 3.05) is 0 Å². The van der Waals surface area contributed by atoms with Crippen molar-refractivity contribution in [3.63, 3.8) is 0 Å². The molecule has 1 aliphatic carbocycles. The van der Waals surface area contributed by atoms with Gasteiger partial charge in [-0.2, -0.15) is 0 Å². The molecule has 1 saturated carbocycles. The van der Waals surface area contributed by atoms with Gasteiger partial charge in [-0.3, -0.25) is 14.9 Å².